The number of rotatable bonds is 6. The van der Waals surface area contributed by atoms with E-state index >= 15 is 0 Å². The third-order valence-electron chi connectivity index (χ3n) is 4.12. The van der Waals surface area contributed by atoms with Gasteiger partial charge in [-0.15, -0.1) is 0 Å². The summed E-state index contributed by atoms with van der Waals surface area (Å²) in [6.07, 6.45) is 2.53. The van der Waals surface area contributed by atoms with Crippen molar-refractivity contribution in [2.45, 2.75) is 46.1 Å². The largest absolute Gasteiger partial charge is 0.356 e. The number of hydrogen-bond donors (Lipinski definition) is 2. The van der Waals surface area contributed by atoms with Gasteiger partial charge in [0, 0.05) is 30.6 Å². The van der Waals surface area contributed by atoms with Crippen molar-refractivity contribution >= 4 is 17.5 Å². The molecule has 0 aliphatic heterocycles. The minimum atomic E-state index is 0.117. The summed E-state index contributed by atoms with van der Waals surface area (Å²) in [5, 5.41) is 7.23. The van der Waals surface area contributed by atoms with Crippen molar-refractivity contribution in [2.24, 2.45) is 5.41 Å². The topological polar surface area (TPSA) is 41.1 Å². The summed E-state index contributed by atoms with van der Waals surface area (Å²) in [7, 11) is 0. The fraction of sp³-hybridized carbons (Fsp3) is 0.588. The van der Waals surface area contributed by atoms with Crippen LogP contribution in [0.25, 0.3) is 0 Å². The van der Waals surface area contributed by atoms with Gasteiger partial charge in [0.25, 0.3) is 0 Å². The summed E-state index contributed by atoms with van der Waals surface area (Å²) in [5.74, 6) is 0.117. The molecule has 1 atom stereocenters. The Morgan fingerprint density at radius 2 is 2.14 bits per heavy atom. The predicted molar refractivity (Wildman–Crippen MR) is 87.6 cm³/mol. The van der Waals surface area contributed by atoms with Crippen molar-refractivity contribution in [1.82, 2.24) is 10.6 Å². The molecule has 4 heteroatoms. The van der Waals surface area contributed by atoms with Gasteiger partial charge in [0.05, 0.1) is 0 Å². The van der Waals surface area contributed by atoms with Crippen LogP contribution in [0, 0.1) is 5.41 Å². The Morgan fingerprint density at radius 1 is 1.38 bits per heavy atom. The first kappa shape index (κ1) is 16.3. The van der Waals surface area contributed by atoms with Crippen LogP contribution in [0.15, 0.2) is 18.2 Å². The maximum Gasteiger partial charge on any atom is 0.221 e. The molecule has 21 heavy (non-hydrogen) atoms. The van der Waals surface area contributed by atoms with Crippen LogP contribution < -0.4 is 10.6 Å². The Kier molecular flexibility index (Phi) is 5.28. The highest BCUT2D eigenvalue weighted by molar-refractivity contribution is 6.30. The molecule has 1 amide bonds. The molecule has 0 saturated carbocycles. The fourth-order valence-corrected chi connectivity index (χ4v) is 3.26. The molecule has 1 unspecified atom stereocenters. The zero-order valence-electron chi connectivity index (χ0n) is 13.1. The SMILES string of the molecule is CCCNC(=O)CCNC1c2cc(Cl)ccc2CC1(C)C. The van der Waals surface area contributed by atoms with E-state index in [1.165, 1.54) is 11.1 Å². The minimum Gasteiger partial charge on any atom is -0.356 e. The lowest BCUT2D eigenvalue weighted by Gasteiger charge is -2.28. The highest BCUT2D eigenvalue weighted by Crippen LogP contribution is 2.45. The average Bonchev–Trinajstić information content (AvgIpc) is 2.67. The van der Waals surface area contributed by atoms with Gasteiger partial charge in [-0.2, -0.15) is 0 Å². The number of fused-ring (bicyclic) bond motifs is 1. The van der Waals surface area contributed by atoms with Crippen molar-refractivity contribution in [3.05, 3.63) is 34.3 Å². The van der Waals surface area contributed by atoms with Crippen molar-refractivity contribution in [2.75, 3.05) is 13.1 Å². The molecule has 0 bridgehead atoms. The van der Waals surface area contributed by atoms with E-state index in [2.05, 4.69) is 43.5 Å². The normalized spacial score (nSPS) is 19.3. The van der Waals surface area contributed by atoms with Gasteiger partial charge in [-0.25, -0.2) is 0 Å². The Bertz CT molecular complexity index is 514. The number of nitrogens with one attached hydrogen (secondary N) is 2. The lowest BCUT2D eigenvalue weighted by molar-refractivity contribution is -0.121. The van der Waals surface area contributed by atoms with Gasteiger partial charge >= 0.3 is 0 Å². The van der Waals surface area contributed by atoms with Crippen LogP contribution in [-0.4, -0.2) is 19.0 Å². The number of carbonyl (C=O) groups is 1. The summed E-state index contributed by atoms with van der Waals surface area (Å²) in [4.78, 5) is 11.7. The second kappa shape index (κ2) is 6.80. The Balaban J connectivity index is 1.96. The molecule has 0 spiro atoms. The zero-order chi connectivity index (χ0) is 15.5. The number of carbonyl (C=O) groups excluding carboxylic acids is 1. The van der Waals surface area contributed by atoms with Crippen molar-refractivity contribution in [3.63, 3.8) is 0 Å². The number of amides is 1. The molecule has 1 aliphatic rings. The van der Waals surface area contributed by atoms with E-state index in [0.29, 0.717) is 13.0 Å². The van der Waals surface area contributed by atoms with Gasteiger partial charge in [-0.1, -0.05) is 38.4 Å². The second-order valence-electron chi connectivity index (χ2n) is 6.50. The summed E-state index contributed by atoms with van der Waals surface area (Å²) in [6, 6.07) is 6.39. The van der Waals surface area contributed by atoms with E-state index in [1.807, 2.05) is 6.07 Å². The average molecular weight is 309 g/mol. The first-order valence-electron chi connectivity index (χ1n) is 7.72. The maximum atomic E-state index is 11.7. The van der Waals surface area contributed by atoms with Gasteiger partial charge < -0.3 is 10.6 Å². The monoisotopic (exact) mass is 308 g/mol. The molecule has 0 radical (unpaired) electrons. The van der Waals surface area contributed by atoms with Crippen LogP contribution >= 0.6 is 11.6 Å². The van der Waals surface area contributed by atoms with E-state index in [1.54, 1.807) is 0 Å². The van der Waals surface area contributed by atoms with Crippen LogP contribution in [0.2, 0.25) is 5.02 Å². The molecule has 1 aromatic carbocycles. The molecule has 2 N–H and O–H groups in total. The van der Waals surface area contributed by atoms with E-state index in [4.69, 9.17) is 11.6 Å². The number of hydrogen-bond acceptors (Lipinski definition) is 2. The van der Waals surface area contributed by atoms with Gasteiger partial charge in [0.2, 0.25) is 5.91 Å². The summed E-state index contributed by atoms with van der Waals surface area (Å²) < 4.78 is 0. The lowest BCUT2D eigenvalue weighted by atomic mass is 9.85. The van der Waals surface area contributed by atoms with Crippen LogP contribution in [-0.2, 0) is 11.2 Å². The van der Waals surface area contributed by atoms with Gasteiger partial charge in [0.15, 0.2) is 0 Å². The standard InChI is InChI=1S/C17H25ClN2O/c1-4-8-19-15(21)7-9-20-16-14-10-13(18)6-5-12(14)11-17(16,2)3/h5-6,10,16,20H,4,7-9,11H2,1-3H3,(H,19,21). The molecular weight excluding hydrogens is 284 g/mol. The Hall–Kier alpha value is -1.06. The number of benzene rings is 1. The molecule has 0 heterocycles. The van der Waals surface area contributed by atoms with Crippen LogP contribution in [0.4, 0.5) is 0 Å². The second-order valence-corrected chi connectivity index (χ2v) is 6.93. The minimum absolute atomic E-state index is 0.117. The lowest BCUT2D eigenvalue weighted by Crippen LogP contribution is -2.34. The van der Waals surface area contributed by atoms with Crippen molar-refractivity contribution in [1.29, 1.82) is 0 Å². The first-order valence-corrected chi connectivity index (χ1v) is 8.10. The van der Waals surface area contributed by atoms with Crippen LogP contribution in [0.3, 0.4) is 0 Å². The molecule has 0 fully saturated rings. The first-order chi connectivity index (χ1) is 9.94. The fourth-order valence-electron chi connectivity index (χ4n) is 3.08. The van der Waals surface area contributed by atoms with Crippen molar-refractivity contribution in [3.8, 4) is 0 Å². The van der Waals surface area contributed by atoms with Crippen molar-refractivity contribution < 1.29 is 4.79 Å². The highest BCUT2D eigenvalue weighted by atomic mass is 35.5. The molecule has 0 aromatic heterocycles. The van der Waals surface area contributed by atoms with Crippen LogP contribution in [0.1, 0.15) is 50.8 Å². The number of halogens is 1. The van der Waals surface area contributed by atoms with E-state index in [-0.39, 0.29) is 17.4 Å². The molecule has 1 aromatic rings. The molecule has 116 valence electrons. The van der Waals surface area contributed by atoms with E-state index < -0.39 is 0 Å². The van der Waals surface area contributed by atoms with Gasteiger partial charge in [0.1, 0.15) is 0 Å². The quantitative estimate of drug-likeness (QED) is 0.845. The predicted octanol–water partition coefficient (Wildman–Crippen LogP) is 3.47. The third kappa shape index (κ3) is 3.98. The highest BCUT2D eigenvalue weighted by Gasteiger charge is 2.38. The Morgan fingerprint density at radius 3 is 2.86 bits per heavy atom. The molecular formula is C17H25ClN2O. The van der Waals surface area contributed by atoms with Gasteiger partial charge in [-0.3, -0.25) is 4.79 Å². The molecule has 2 rings (SSSR count). The van der Waals surface area contributed by atoms with E-state index in [9.17, 15) is 4.79 Å². The summed E-state index contributed by atoms with van der Waals surface area (Å²) >= 11 is 6.13. The molecule has 3 nitrogen and oxygen atoms in total. The van der Waals surface area contributed by atoms with Gasteiger partial charge in [-0.05, 0) is 41.5 Å². The smallest absolute Gasteiger partial charge is 0.221 e. The summed E-state index contributed by atoms with van der Waals surface area (Å²) in [5.41, 5.74) is 2.78. The Labute approximate surface area is 132 Å². The zero-order valence-corrected chi connectivity index (χ0v) is 13.9. The third-order valence-corrected chi connectivity index (χ3v) is 4.35. The molecule has 0 saturated heterocycles. The van der Waals surface area contributed by atoms with Crippen LogP contribution in [0.5, 0.6) is 0 Å². The summed E-state index contributed by atoms with van der Waals surface area (Å²) in [6.45, 7) is 8.02. The van der Waals surface area contributed by atoms with E-state index in [0.717, 1.165) is 24.4 Å². The molecule has 1 aliphatic carbocycles. The maximum absolute atomic E-state index is 11.7.